The number of nitrogens with zero attached hydrogens (tertiary/aromatic N) is 1. The summed E-state index contributed by atoms with van der Waals surface area (Å²) in [6, 6.07) is 9.54. The van der Waals surface area contributed by atoms with Gasteiger partial charge >= 0.3 is 5.97 Å². The van der Waals surface area contributed by atoms with E-state index >= 15 is 0 Å². The van der Waals surface area contributed by atoms with Crippen molar-refractivity contribution in [2.45, 2.75) is 32.4 Å². The number of nitrogens with one attached hydrogen (secondary N) is 1. The van der Waals surface area contributed by atoms with Crippen LogP contribution in [0.1, 0.15) is 25.3 Å². The number of benzene rings is 1. The highest BCUT2D eigenvalue weighted by Gasteiger charge is 2.24. The second-order valence-corrected chi connectivity index (χ2v) is 6.49. The number of hydrogen-bond donors (Lipinski definition) is 1. The number of rotatable bonds is 8. The van der Waals surface area contributed by atoms with Gasteiger partial charge in [0, 0.05) is 25.4 Å². The highest BCUT2D eigenvalue weighted by molar-refractivity contribution is 8.13. The van der Waals surface area contributed by atoms with E-state index in [9.17, 15) is 14.4 Å². The van der Waals surface area contributed by atoms with Crippen LogP contribution < -0.4 is 5.32 Å². The smallest absolute Gasteiger partial charge is 0.308 e. The van der Waals surface area contributed by atoms with Gasteiger partial charge in [0.1, 0.15) is 0 Å². The maximum absolute atomic E-state index is 12.1. The van der Waals surface area contributed by atoms with E-state index < -0.39 is 12.1 Å². The van der Waals surface area contributed by atoms with Gasteiger partial charge in [-0.3, -0.25) is 14.4 Å². The Kier molecular flexibility index (Phi) is 7.11. The third-order valence-corrected chi connectivity index (χ3v) is 4.57. The van der Waals surface area contributed by atoms with Crippen molar-refractivity contribution in [3.8, 4) is 0 Å². The summed E-state index contributed by atoms with van der Waals surface area (Å²) >= 11 is 1.26. The summed E-state index contributed by atoms with van der Waals surface area (Å²) in [5, 5.41) is 2.77. The van der Waals surface area contributed by atoms with Crippen molar-refractivity contribution < 1.29 is 19.1 Å². The Labute approximate surface area is 145 Å². The molecule has 0 bridgehead atoms. The number of carbonyl (C=O) groups is 3. The Hall–Kier alpha value is -2.02. The molecule has 24 heavy (non-hydrogen) atoms. The van der Waals surface area contributed by atoms with Gasteiger partial charge in [-0.05, 0) is 12.0 Å². The molecular formula is C17H22N2O4S. The van der Waals surface area contributed by atoms with E-state index in [2.05, 4.69) is 5.32 Å². The van der Waals surface area contributed by atoms with Crippen LogP contribution in [0.15, 0.2) is 30.3 Å². The molecule has 6 nitrogen and oxygen atoms in total. The molecule has 130 valence electrons. The van der Waals surface area contributed by atoms with Gasteiger partial charge < -0.3 is 15.0 Å². The second kappa shape index (κ2) is 9.32. The van der Waals surface area contributed by atoms with Crippen LogP contribution in [0.4, 0.5) is 4.79 Å². The van der Waals surface area contributed by atoms with Gasteiger partial charge in [-0.1, -0.05) is 49.0 Å². The number of esters is 1. The van der Waals surface area contributed by atoms with Crippen LogP contribution in [0.3, 0.4) is 0 Å². The minimum absolute atomic E-state index is 0.00422. The first-order valence-corrected chi connectivity index (χ1v) is 9.01. The highest BCUT2D eigenvalue weighted by Crippen LogP contribution is 2.17. The molecule has 1 N–H and O–H groups in total. The topological polar surface area (TPSA) is 75.7 Å². The predicted molar refractivity (Wildman–Crippen MR) is 92.5 cm³/mol. The predicted octanol–water partition coefficient (Wildman–Crippen LogP) is 2.18. The van der Waals surface area contributed by atoms with Gasteiger partial charge in [0.15, 0.2) is 6.10 Å². The zero-order valence-corrected chi connectivity index (χ0v) is 14.5. The summed E-state index contributed by atoms with van der Waals surface area (Å²) in [4.78, 5) is 37.1. The van der Waals surface area contributed by atoms with E-state index in [1.807, 2.05) is 30.3 Å². The number of amides is 2. The first kappa shape index (κ1) is 18.3. The summed E-state index contributed by atoms with van der Waals surface area (Å²) in [6.07, 6.45) is -0.288. The van der Waals surface area contributed by atoms with Crippen LogP contribution in [0.25, 0.3) is 0 Å². The van der Waals surface area contributed by atoms with E-state index in [4.69, 9.17) is 4.74 Å². The first-order chi connectivity index (χ1) is 11.6. The van der Waals surface area contributed by atoms with Gasteiger partial charge in [0.2, 0.25) is 0 Å². The molecule has 1 atom stereocenters. The van der Waals surface area contributed by atoms with Crippen molar-refractivity contribution in [3.63, 3.8) is 0 Å². The van der Waals surface area contributed by atoms with Crippen molar-refractivity contribution in [2.75, 3.05) is 18.8 Å². The Morgan fingerprint density at radius 2 is 2.08 bits per heavy atom. The average Bonchev–Trinajstić information content (AvgIpc) is 3.01. The van der Waals surface area contributed by atoms with Crippen molar-refractivity contribution in [1.29, 1.82) is 0 Å². The number of hydrogen-bond acceptors (Lipinski definition) is 5. The number of ether oxygens (including phenoxy) is 1. The molecule has 1 fully saturated rings. The fourth-order valence-corrected chi connectivity index (χ4v) is 3.15. The quantitative estimate of drug-likeness (QED) is 0.727. The molecule has 1 aromatic carbocycles. The van der Waals surface area contributed by atoms with Crippen LogP contribution in [0, 0.1) is 0 Å². The molecule has 1 heterocycles. The lowest BCUT2D eigenvalue weighted by atomic mass is 10.2. The highest BCUT2D eigenvalue weighted by atomic mass is 32.2. The summed E-state index contributed by atoms with van der Waals surface area (Å²) in [5.74, 6) is -0.00296. The molecular weight excluding hydrogens is 328 g/mol. The number of thioether (sulfide) groups is 1. The fraction of sp³-hybridized carbons (Fsp3) is 0.471. The third-order valence-electron chi connectivity index (χ3n) is 3.68. The first-order valence-electron chi connectivity index (χ1n) is 8.03. The summed E-state index contributed by atoms with van der Waals surface area (Å²) < 4.78 is 5.25. The standard InChI is InChI=1S/C17H22N2O4S/c1-2-14(16(21)18-12-13-6-4-3-5-7-13)23-15(20)8-9-19-10-11-24-17(19)22/h3-7,14H,2,8-12H2,1H3,(H,18,21). The largest absolute Gasteiger partial charge is 0.452 e. The molecule has 7 heteroatoms. The minimum Gasteiger partial charge on any atom is -0.452 e. The summed E-state index contributed by atoms with van der Waals surface area (Å²) in [6.45, 7) is 3.19. The monoisotopic (exact) mass is 350 g/mol. The van der Waals surface area contributed by atoms with E-state index in [-0.39, 0.29) is 17.6 Å². The van der Waals surface area contributed by atoms with Crippen LogP contribution in [-0.2, 0) is 20.9 Å². The molecule has 1 aromatic rings. The van der Waals surface area contributed by atoms with Gasteiger partial charge in [0.25, 0.3) is 11.1 Å². The lowest BCUT2D eigenvalue weighted by molar-refractivity contribution is -0.156. The zero-order chi connectivity index (χ0) is 17.4. The van der Waals surface area contributed by atoms with E-state index in [0.717, 1.165) is 11.3 Å². The molecule has 1 unspecified atom stereocenters. The van der Waals surface area contributed by atoms with Gasteiger partial charge in [-0.25, -0.2) is 0 Å². The van der Waals surface area contributed by atoms with E-state index in [0.29, 0.717) is 26.1 Å². The van der Waals surface area contributed by atoms with Crippen LogP contribution in [-0.4, -0.2) is 47.0 Å². The van der Waals surface area contributed by atoms with Crippen LogP contribution >= 0.6 is 11.8 Å². The number of carbonyl (C=O) groups excluding carboxylic acids is 3. The average molecular weight is 350 g/mol. The minimum atomic E-state index is -0.801. The summed E-state index contributed by atoms with van der Waals surface area (Å²) in [5.41, 5.74) is 0.983. The van der Waals surface area contributed by atoms with Crippen LogP contribution in [0.5, 0.6) is 0 Å². The second-order valence-electron chi connectivity index (χ2n) is 5.44. The summed E-state index contributed by atoms with van der Waals surface area (Å²) in [7, 11) is 0. The Morgan fingerprint density at radius 3 is 2.71 bits per heavy atom. The third kappa shape index (κ3) is 5.56. The molecule has 1 saturated heterocycles. The molecule has 0 aromatic heterocycles. The van der Waals surface area contributed by atoms with Crippen molar-refractivity contribution >= 4 is 28.9 Å². The molecule has 0 radical (unpaired) electrons. The molecule has 1 aliphatic rings. The SMILES string of the molecule is CCC(OC(=O)CCN1CCSC1=O)C(=O)NCc1ccccc1. The molecule has 1 aliphatic heterocycles. The van der Waals surface area contributed by atoms with Crippen molar-refractivity contribution in [1.82, 2.24) is 10.2 Å². The van der Waals surface area contributed by atoms with Crippen molar-refractivity contribution in [3.05, 3.63) is 35.9 Å². The van der Waals surface area contributed by atoms with E-state index in [1.165, 1.54) is 11.8 Å². The maximum Gasteiger partial charge on any atom is 0.308 e. The lowest BCUT2D eigenvalue weighted by Gasteiger charge is -2.18. The van der Waals surface area contributed by atoms with Crippen LogP contribution in [0.2, 0.25) is 0 Å². The molecule has 0 aliphatic carbocycles. The molecule has 2 amide bonds. The Bertz CT molecular complexity index is 579. The maximum atomic E-state index is 12.1. The van der Waals surface area contributed by atoms with Gasteiger partial charge in [0.05, 0.1) is 6.42 Å². The molecule has 2 rings (SSSR count). The lowest BCUT2D eigenvalue weighted by Crippen LogP contribution is -2.37. The Morgan fingerprint density at radius 1 is 1.33 bits per heavy atom. The van der Waals surface area contributed by atoms with E-state index in [1.54, 1.807) is 11.8 Å². The zero-order valence-electron chi connectivity index (χ0n) is 13.7. The van der Waals surface area contributed by atoms with Gasteiger partial charge in [-0.15, -0.1) is 0 Å². The van der Waals surface area contributed by atoms with Crippen molar-refractivity contribution in [2.24, 2.45) is 0 Å². The Balaban J connectivity index is 1.74. The molecule has 0 spiro atoms. The normalized spacial score (nSPS) is 15.2. The van der Waals surface area contributed by atoms with Gasteiger partial charge in [-0.2, -0.15) is 0 Å². The fourth-order valence-electron chi connectivity index (χ4n) is 2.29. The molecule has 0 saturated carbocycles.